The highest BCUT2D eigenvalue weighted by Crippen LogP contribution is 2.15. The molecule has 2 rings (SSSR count). The SMILES string of the molecule is N#Cc1cc(S(=O)(=O)NC2CCNC2)ccc1F. The van der Waals surface area contributed by atoms with E-state index in [4.69, 9.17) is 5.26 Å². The third-order valence-corrected chi connectivity index (χ3v) is 4.27. The lowest BCUT2D eigenvalue weighted by Crippen LogP contribution is -2.36. The van der Waals surface area contributed by atoms with Crippen molar-refractivity contribution in [2.24, 2.45) is 0 Å². The third-order valence-electron chi connectivity index (χ3n) is 2.75. The first-order valence-corrected chi connectivity index (χ1v) is 6.94. The molecule has 1 unspecified atom stereocenters. The molecule has 1 aromatic rings. The molecule has 1 aliphatic rings. The molecule has 7 heteroatoms. The van der Waals surface area contributed by atoms with Gasteiger partial charge in [-0.15, -0.1) is 0 Å². The van der Waals surface area contributed by atoms with E-state index in [2.05, 4.69) is 10.0 Å². The van der Waals surface area contributed by atoms with Gasteiger partial charge in [0, 0.05) is 12.6 Å². The van der Waals surface area contributed by atoms with Crippen molar-refractivity contribution in [2.45, 2.75) is 17.4 Å². The fourth-order valence-corrected chi connectivity index (χ4v) is 3.10. The number of nitrogens with zero attached hydrogens (tertiary/aromatic N) is 1. The van der Waals surface area contributed by atoms with Crippen LogP contribution in [-0.4, -0.2) is 27.5 Å². The molecule has 1 aliphatic heterocycles. The summed E-state index contributed by atoms with van der Waals surface area (Å²) >= 11 is 0. The van der Waals surface area contributed by atoms with E-state index in [-0.39, 0.29) is 16.5 Å². The molecule has 0 aliphatic carbocycles. The van der Waals surface area contributed by atoms with Crippen LogP contribution in [0.1, 0.15) is 12.0 Å². The molecule has 96 valence electrons. The standard InChI is InChI=1S/C11H12FN3O2S/c12-11-2-1-10(5-8(11)6-13)18(16,17)15-9-3-4-14-7-9/h1-2,5,9,14-15H,3-4,7H2. The van der Waals surface area contributed by atoms with E-state index < -0.39 is 15.8 Å². The van der Waals surface area contributed by atoms with E-state index >= 15 is 0 Å². The first-order valence-electron chi connectivity index (χ1n) is 5.45. The third kappa shape index (κ3) is 2.67. The molecule has 0 radical (unpaired) electrons. The highest BCUT2D eigenvalue weighted by Gasteiger charge is 2.23. The van der Waals surface area contributed by atoms with Crippen molar-refractivity contribution in [3.8, 4) is 6.07 Å². The van der Waals surface area contributed by atoms with Crippen molar-refractivity contribution < 1.29 is 12.8 Å². The number of hydrogen-bond acceptors (Lipinski definition) is 4. The predicted molar refractivity (Wildman–Crippen MR) is 62.7 cm³/mol. The highest BCUT2D eigenvalue weighted by molar-refractivity contribution is 7.89. The molecule has 0 amide bonds. The Morgan fingerprint density at radius 1 is 1.50 bits per heavy atom. The van der Waals surface area contributed by atoms with Gasteiger partial charge in [0.15, 0.2) is 0 Å². The molecular weight excluding hydrogens is 257 g/mol. The average molecular weight is 269 g/mol. The van der Waals surface area contributed by atoms with Crippen LogP contribution in [-0.2, 0) is 10.0 Å². The summed E-state index contributed by atoms with van der Waals surface area (Å²) in [5.74, 6) is -0.723. The fourth-order valence-electron chi connectivity index (χ4n) is 1.80. The predicted octanol–water partition coefficient (Wildman–Crippen LogP) is 0.338. The van der Waals surface area contributed by atoms with Crippen LogP contribution >= 0.6 is 0 Å². The minimum atomic E-state index is -3.70. The van der Waals surface area contributed by atoms with Crippen molar-refractivity contribution in [3.05, 3.63) is 29.6 Å². The first kappa shape index (κ1) is 13.0. The second-order valence-electron chi connectivity index (χ2n) is 4.06. The van der Waals surface area contributed by atoms with Crippen molar-refractivity contribution in [3.63, 3.8) is 0 Å². The maximum atomic E-state index is 13.1. The molecule has 1 fully saturated rings. The maximum Gasteiger partial charge on any atom is 0.240 e. The van der Waals surface area contributed by atoms with Gasteiger partial charge in [0.2, 0.25) is 10.0 Å². The van der Waals surface area contributed by atoms with Crippen molar-refractivity contribution in [1.82, 2.24) is 10.0 Å². The number of nitriles is 1. The Balaban J connectivity index is 2.27. The van der Waals surface area contributed by atoms with Crippen molar-refractivity contribution in [2.75, 3.05) is 13.1 Å². The van der Waals surface area contributed by atoms with Crippen LogP contribution in [0.5, 0.6) is 0 Å². The second kappa shape index (κ2) is 5.02. The van der Waals surface area contributed by atoms with Gasteiger partial charge in [0.1, 0.15) is 11.9 Å². The van der Waals surface area contributed by atoms with Crippen LogP contribution in [0.15, 0.2) is 23.1 Å². The molecule has 0 aromatic heterocycles. The van der Waals surface area contributed by atoms with Crippen LogP contribution in [0.25, 0.3) is 0 Å². The number of rotatable bonds is 3. The van der Waals surface area contributed by atoms with Gasteiger partial charge in [0.05, 0.1) is 10.5 Å². The summed E-state index contributed by atoms with van der Waals surface area (Å²) < 4.78 is 39.6. The number of sulfonamides is 1. The van der Waals surface area contributed by atoms with Crippen LogP contribution in [0, 0.1) is 17.1 Å². The Morgan fingerprint density at radius 2 is 2.28 bits per heavy atom. The highest BCUT2D eigenvalue weighted by atomic mass is 32.2. The zero-order valence-corrected chi connectivity index (χ0v) is 10.3. The van der Waals surface area contributed by atoms with Gasteiger partial charge in [-0.25, -0.2) is 17.5 Å². The molecule has 1 atom stereocenters. The first-order chi connectivity index (χ1) is 8.53. The summed E-state index contributed by atoms with van der Waals surface area (Å²) in [6.07, 6.45) is 0.714. The molecule has 0 spiro atoms. The molecule has 18 heavy (non-hydrogen) atoms. The summed E-state index contributed by atoms with van der Waals surface area (Å²) in [5.41, 5.74) is -0.276. The summed E-state index contributed by atoms with van der Waals surface area (Å²) in [6, 6.07) is 4.64. The van der Waals surface area contributed by atoms with Crippen molar-refractivity contribution in [1.29, 1.82) is 5.26 Å². The number of halogens is 1. The van der Waals surface area contributed by atoms with E-state index in [1.54, 1.807) is 6.07 Å². The van der Waals surface area contributed by atoms with Gasteiger partial charge >= 0.3 is 0 Å². The molecule has 1 saturated heterocycles. The van der Waals surface area contributed by atoms with Crippen LogP contribution in [0.4, 0.5) is 4.39 Å². The van der Waals surface area contributed by atoms with Gasteiger partial charge in [0.25, 0.3) is 0 Å². The number of nitrogens with one attached hydrogen (secondary N) is 2. The van der Waals surface area contributed by atoms with Crippen LogP contribution < -0.4 is 10.0 Å². The van der Waals surface area contributed by atoms with E-state index in [9.17, 15) is 12.8 Å². The average Bonchev–Trinajstić information content (AvgIpc) is 2.81. The molecule has 2 N–H and O–H groups in total. The number of hydrogen-bond donors (Lipinski definition) is 2. The summed E-state index contributed by atoms with van der Waals surface area (Å²) in [5, 5.41) is 11.7. The summed E-state index contributed by atoms with van der Waals surface area (Å²) in [7, 11) is -3.70. The summed E-state index contributed by atoms with van der Waals surface area (Å²) in [4.78, 5) is -0.0904. The number of benzene rings is 1. The molecule has 5 nitrogen and oxygen atoms in total. The van der Waals surface area contributed by atoms with Crippen LogP contribution in [0.2, 0.25) is 0 Å². The van der Waals surface area contributed by atoms with Gasteiger partial charge in [-0.3, -0.25) is 0 Å². The second-order valence-corrected chi connectivity index (χ2v) is 5.78. The Kier molecular flexibility index (Phi) is 3.61. The molecular formula is C11H12FN3O2S. The Morgan fingerprint density at radius 3 is 2.89 bits per heavy atom. The lowest BCUT2D eigenvalue weighted by Gasteiger charge is -2.12. The van der Waals surface area contributed by atoms with E-state index in [1.807, 2.05) is 0 Å². The molecule has 1 aromatic carbocycles. The largest absolute Gasteiger partial charge is 0.315 e. The zero-order valence-electron chi connectivity index (χ0n) is 9.48. The topological polar surface area (TPSA) is 82.0 Å². The monoisotopic (exact) mass is 269 g/mol. The minimum Gasteiger partial charge on any atom is -0.315 e. The molecule has 1 heterocycles. The smallest absolute Gasteiger partial charge is 0.240 e. The normalized spacial score (nSPS) is 19.7. The van der Waals surface area contributed by atoms with Gasteiger partial charge in [-0.2, -0.15) is 5.26 Å². The van der Waals surface area contributed by atoms with Crippen molar-refractivity contribution >= 4 is 10.0 Å². The Bertz CT molecular complexity index is 589. The summed E-state index contributed by atoms with van der Waals surface area (Å²) in [6.45, 7) is 1.34. The minimum absolute atomic E-state index is 0.0904. The van der Waals surface area contributed by atoms with Gasteiger partial charge in [-0.05, 0) is 31.2 Å². The lowest BCUT2D eigenvalue weighted by atomic mass is 10.2. The quantitative estimate of drug-likeness (QED) is 0.829. The van der Waals surface area contributed by atoms with Crippen LogP contribution in [0.3, 0.4) is 0 Å². The van der Waals surface area contributed by atoms with Gasteiger partial charge in [-0.1, -0.05) is 0 Å². The van der Waals surface area contributed by atoms with E-state index in [1.165, 1.54) is 0 Å². The Labute approximate surface area is 105 Å². The zero-order chi connectivity index (χ0) is 13.2. The van der Waals surface area contributed by atoms with E-state index in [0.29, 0.717) is 13.0 Å². The fraction of sp³-hybridized carbons (Fsp3) is 0.364. The lowest BCUT2D eigenvalue weighted by molar-refractivity contribution is 0.559. The molecule has 0 bridgehead atoms. The Hall–Kier alpha value is -1.49. The molecule has 0 saturated carbocycles. The van der Waals surface area contributed by atoms with E-state index in [0.717, 1.165) is 24.7 Å². The van der Waals surface area contributed by atoms with Gasteiger partial charge < -0.3 is 5.32 Å². The maximum absolute atomic E-state index is 13.1.